The predicted molar refractivity (Wildman–Crippen MR) is 65.8 cm³/mol. The molecule has 0 aromatic heterocycles. The minimum absolute atomic E-state index is 0. The molecule has 0 saturated carbocycles. The molecule has 7 heteroatoms. The summed E-state index contributed by atoms with van der Waals surface area (Å²) in [6.45, 7) is 2.17. The van der Waals surface area contributed by atoms with E-state index >= 15 is 0 Å². The Kier molecular flexibility index (Phi) is 7.23. The second kappa shape index (κ2) is 7.84. The molecular formula is C11H15ClF2N2O2. The molecule has 0 fully saturated rings. The molecule has 0 aliphatic heterocycles. The summed E-state index contributed by atoms with van der Waals surface area (Å²) in [4.78, 5) is 11.4. The number of nitrogens with one attached hydrogen (secondary N) is 1. The van der Waals surface area contributed by atoms with Gasteiger partial charge in [-0.25, -0.2) is 8.78 Å². The SMILES string of the molecule is CC(Oc1ccc(F)c(F)c1)C(=O)NCCN.Cl. The number of rotatable bonds is 5. The van der Waals surface area contributed by atoms with E-state index in [4.69, 9.17) is 10.5 Å². The van der Waals surface area contributed by atoms with E-state index in [1.165, 1.54) is 13.0 Å². The van der Waals surface area contributed by atoms with Crippen LogP contribution in [0.4, 0.5) is 8.78 Å². The summed E-state index contributed by atoms with van der Waals surface area (Å²) in [6.07, 6.45) is -0.800. The van der Waals surface area contributed by atoms with E-state index in [-0.39, 0.29) is 24.1 Å². The van der Waals surface area contributed by atoms with E-state index in [0.717, 1.165) is 12.1 Å². The molecule has 102 valence electrons. The van der Waals surface area contributed by atoms with Crippen LogP contribution in [0.15, 0.2) is 18.2 Å². The van der Waals surface area contributed by atoms with Gasteiger partial charge in [0.25, 0.3) is 5.91 Å². The second-order valence-electron chi connectivity index (χ2n) is 3.42. The fourth-order valence-corrected chi connectivity index (χ4v) is 1.15. The maximum Gasteiger partial charge on any atom is 0.260 e. The van der Waals surface area contributed by atoms with Crippen molar-refractivity contribution in [3.8, 4) is 5.75 Å². The minimum atomic E-state index is -1.02. The van der Waals surface area contributed by atoms with Crippen molar-refractivity contribution in [2.45, 2.75) is 13.0 Å². The molecule has 0 bridgehead atoms. The van der Waals surface area contributed by atoms with Crippen LogP contribution in [0.1, 0.15) is 6.92 Å². The van der Waals surface area contributed by atoms with Gasteiger partial charge >= 0.3 is 0 Å². The smallest absolute Gasteiger partial charge is 0.260 e. The predicted octanol–water partition coefficient (Wildman–Crippen LogP) is 1.23. The zero-order valence-corrected chi connectivity index (χ0v) is 10.6. The summed E-state index contributed by atoms with van der Waals surface area (Å²) < 4.78 is 30.6. The first kappa shape index (κ1) is 16.6. The first-order chi connectivity index (χ1) is 8.04. The first-order valence-corrected chi connectivity index (χ1v) is 5.14. The molecule has 1 unspecified atom stereocenters. The van der Waals surface area contributed by atoms with Crippen molar-refractivity contribution < 1.29 is 18.3 Å². The van der Waals surface area contributed by atoms with Crippen molar-refractivity contribution in [3.63, 3.8) is 0 Å². The number of carbonyl (C=O) groups is 1. The third-order valence-corrected chi connectivity index (χ3v) is 2.02. The summed E-state index contributed by atoms with van der Waals surface area (Å²) >= 11 is 0. The number of halogens is 3. The van der Waals surface area contributed by atoms with Crippen LogP contribution in [-0.2, 0) is 4.79 Å². The van der Waals surface area contributed by atoms with E-state index < -0.39 is 17.7 Å². The van der Waals surface area contributed by atoms with Crippen molar-refractivity contribution in [1.29, 1.82) is 0 Å². The normalized spacial score (nSPS) is 11.3. The average Bonchev–Trinajstić information content (AvgIpc) is 2.30. The Morgan fingerprint density at radius 3 is 2.67 bits per heavy atom. The molecule has 3 N–H and O–H groups in total. The average molecular weight is 281 g/mol. The summed E-state index contributed by atoms with van der Waals surface area (Å²) in [7, 11) is 0. The van der Waals surface area contributed by atoms with Gasteiger partial charge in [-0.2, -0.15) is 0 Å². The Hall–Kier alpha value is -1.40. The maximum atomic E-state index is 12.9. The Bertz CT molecular complexity index is 405. The molecule has 4 nitrogen and oxygen atoms in total. The third kappa shape index (κ3) is 4.85. The highest BCUT2D eigenvalue weighted by Gasteiger charge is 2.14. The Morgan fingerprint density at radius 2 is 2.11 bits per heavy atom. The lowest BCUT2D eigenvalue weighted by Gasteiger charge is -2.14. The van der Waals surface area contributed by atoms with E-state index in [9.17, 15) is 13.6 Å². The maximum absolute atomic E-state index is 12.9. The van der Waals surface area contributed by atoms with E-state index in [1.54, 1.807) is 0 Å². The van der Waals surface area contributed by atoms with Crippen LogP contribution in [0.3, 0.4) is 0 Å². The van der Waals surface area contributed by atoms with E-state index in [0.29, 0.717) is 13.1 Å². The van der Waals surface area contributed by atoms with Gasteiger partial charge in [0.2, 0.25) is 0 Å². The number of carbonyl (C=O) groups excluding carboxylic acids is 1. The molecule has 1 atom stereocenters. The van der Waals surface area contributed by atoms with Gasteiger partial charge in [0.1, 0.15) is 5.75 Å². The van der Waals surface area contributed by atoms with Crippen LogP contribution in [0.2, 0.25) is 0 Å². The molecule has 0 spiro atoms. The van der Waals surface area contributed by atoms with Crippen LogP contribution < -0.4 is 15.8 Å². The Morgan fingerprint density at radius 1 is 1.44 bits per heavy atom. The lowest BCUT2D eigenvalue weighted by molar-refractivity contribution is -0.127. The molecular weight excluding hydrogens is 266 g/mol. The van der Waals surface area contributed by atoms with Crippen molar-refractivity contribution in [1.82, 2.24) is 5.32 Å². The van der Waals surface area contributed by atoms with E-state index in [2.05, 4.69) is 5.32 Å². The summed E-state index contributed by atoms with van der Waals surface area (Å²) in [5.41, 5.74) is 5.22. The van der Waals surface area contributed by atoms with E-state index in [1.807, 2.05) is 0 Å². The molecule has 18 heavy (non-hydrogen) atoms. The molecule has 0 aliphatic carbocycles. The number of ether oxygens (including phenoxy) is 1. The number of benzene rings is 1. The molecule has 1 rings (SSSR count). The first-order valence-electron chi connectivity index (χ1n) is 5.14. The van der Waals surface area contributed by atoms with Crippen molar-refractivity contribution in [2.75, 3.05) is 13.1 Å². The molecule has 0 saturated heterocycles. The van der Waals surface area contributed by atoms with Crippen molar-refractivity contribution >= 4 is 18.3 Å². The quantitative estimate of drug-likeness (QED) is 0.853. The summed E-state index contributed by atoms with van der Waals surface area (Å²) in [5, 5.41) is 2.52. The lowest BCUT2D eigenvalue weighted by atomic mass is 10.3. The molecule has 1 aromatic carbocycles. The second-order valence-corrected chi connectivity index (χ2v) is 3.42. The van der Waals surface area contributed by atoms with Crippen LogP contribution in [0.25, 0.3) is 0 Å². The van der Waals surface area contributed by atoms with Crippen LogP contribution in [0, 0.1) is 11.6 Å². The molecule has 1 aromatic rings. The van der Waals surface area contributed by atoms with Crippen molar-refractivity contribution in [3.05, 3.63) is 29.8 Å². The minimum Gasteiger partial charge on any atom is -0.481 e. The summed E-state index contributed by atoms with van der Waals surface area (Å²) in [6, 6.07) is 3.09. The fourth-order valence-electron chi connectivity index (χ4n) is 1.15. The monoisotopic (exact) mass is 280 g/mol. The van der Waals surface area contributed by atoms with Gasteiger partial charge in [0.05, 0.1) is 0 Å². The van der Waals surface area contributed by atoms with Gasteiger partial charge in [-0.1, -0.05) is 0 Å². The van der Waals surface area contributed by atoms with Gasteiger partial charge in [0.15, 0.2) is 17.7 Å². The van der Waals surface area contributed by atoms with Crippen LogP contribution in [-0.4, -0.2) is 25.1 Å². The molecule has 0 heterocycles. The van der Waals surface area contributed by atoms with Gasteiger partial charge < -0.3 is 15.8 Å². The van der Waals surface area contributed by atoms with Gasteiger partial charge in [-0.05, 0) is 19.1 Å². The topological polar surface area (TPSA) is 64.3 Å². The van der Waals surface area contributed by atoms with Crippen molar-refractivity contribution in [2.24, 2.45) is 5.73 Å². The van der Waals surface area contributed by atoms with Gasteiger partial charge in [-0.3, -0.25) is 4.79 Å². The lowest BCUT2D eigenvalue weighted by Crippen LogP contribution is -2.38. The molecule has 0 radical (unpaired) electrons. The highest BCUT2D eigenvalue weighted by atomic mass is 35.5. The van der Waals surface area contributed by atoms with Crippen LogP contribution in [0.5, 0.6) is 5.75 Å². The fraction of sp³-hybridized carbons (Fsp3) is 0.364. The largest absolute Gasteiger partial charge is 0.481 e. The molecule has 1 amide bonds. The third-order valence-electron chi connectivity index (χ3n) is 2.02. The van der Waals surface area contributed by atoms with Gasteiger partial charge in [0, 0.05) is 19.2 Å². The Balaban J connectivity index is 0.00000289. The van der Waals surface area contributed by atoms with Crippen LogP contribution >= 0.6 is 12.4 Å². The number of hydrogen-bond donors (Lipinski definition) is 2. The highest BCUT2D eigenvalue weighted by Crippen LogP contribution is 2.16. The Labute approximate surface area is 110 Å². The zero-order chi connectivity index (χ0) is 12.8. The number of nitrogens with two attached hydrogens (primary N) is 1. The standard InChI is InChI=1S/C11H14F2N2O2.ClH/c1-7(11(16)15-5-4-14)17-8-2-3-9(12)10(13)6-8;/h2-3,6-7H,4-5,14H2,1H3,(H,15,16);1H. The zero-order valence-electron chi connectivity index (χ0n) is 9.78. The number of hydrogen-bond acceptors (Lipinski definition) is 3. The summed E-state index contributed by atoms with van der Waals surface area (Å²) in [5.74, 6) is -2.24. The van der Waals surface area contributed by atoms with Gasteiger partial charge in [-0.15, -0.1) is 12.4 Å². The number of amides is 1. The highest BCUT2D eigenvalue weighted by molar-refractivity contribution is 5.85. The molecule has 0 aliphatic rings.